The Balaban J connectivity index is 1.52. The first-order chi connectivity index (χ1) is 13.1. The summed E-state index contributed by atoms with van der Waals surface area (Å²) in [5, 5.41) is 8.96. The van der Waals surface area contributed by atoms with Crippen molar-refractivity contribution in [1.29, 1.82) is 0 Å². The number of aliphatic carboxylic acids is 1. The van der Waals surface area contributed by atoms with E-state index in [0.717, 1.165) is 5.56 Å². The second kappa shape index (κ2) is 11.2. The molecule has 0 amide bonds. The first-order valence-electron chi connectivity index (χ1n) is 9.35. The molecule has 146 valence electrons. The monoisotopic (exact) mass is 374 g/mol. The van der Waals surface area contributed by atoms with Crippen LogP contribution in [-0.2, 0) is 23.9 Å². The average molecular weight is 374 g/mol. The van der Waals surface area contributed by atoms with E-state index in [9.17, 15) is 14.4 Å². The third kappa shape index (κ3) is 7.64. The van der Waals surface area contributed by atoms with Gasteiger partial charge in [-0.25, -0.2) is 4.79 Å². The van der Waals surface area contributed by atoms with Gasteiger partial charge in [0.25, 0.3) is 0 Å². The van der Waals surface area contributed by atoms with Crippen molar-refractivity contribution >= 4 is 24.0 Å². The molecular formula is C21H26O6. The molecule has 6 nitrogen and oxygen atoms in total. The van der Waals surface area contributed by atoms with Gasteiger partial charge >= 0.3 is 17.9 Å². The van der Waals surface area contributed by atoms with Crippen LogP contribution in [0.1, 0.15) is 44.1 Å². The summed E-state index contributed by atoms with van der Waals surface area (Å²) < 4.78 is 10.3. The van der Waals surface area contributed by atoms with E-state index in [2.05, 4.69) is 0 Å². The minimum atomic E-state index is -0.782. The number of carboxylic acids is 1. The lowest BCUT2D eigenvalue weighted by atomic mass is 9.82. The van der Waals surface area contributed by atoms with Crippen molar-refractivity contribution in [2.75, 3.05) is 13.2 Å². The Labute approximate surface area is 159 Å². The van der Waals surface area contributed by atoms with Gasteiger partial charge < -0.3 is 14.6 Å². The van der Waals surface area contributed by atoms with Crippen molar-refractivity contribution in [3.63, 3.8) is 0 Å². The van der Waals surface area contributed by atoms with Crippen LogP contribution >= 0.6 is 0 Å². The summed E-state index contributed by atoms with van der Waals surface area (Å²) in [4.78, 5) is 34.5. The van der Waals surface area contributed by atoms with Crippen LogP contribution in [0.25, 0.3) is 6.08 Å². The van der Waals surface area contributed by atoms with Crippen molar-refractivity contribution in [2.45, 2.75) is 38.5 Å². The zero-order valence-electron chi connectivity index (χ0n) is 15.3. The Morgan fingerprint density at radius 1 is 0.926 bits per heavy atom. The fourth-order valence-corrected chi connectivity index (χ4v) is 3.02. The summed E-state index contributed by atoms with van der Waals surface area (Å²) in [6, 6.07) is 9.48. The van der Waals surface area contributed by atoms with Gasteiger partial charge in [-0.05, 0) is 50.2 Å². The molecule has 1 aliphatic carbocycles. The number of carboxylic acid groups (broad SMARTS) is 1. The maximum absolute atomic E-state index is 12.0. The Hall–Kier alpha value is -2.63. The molecule has 0 aliphatic heterocycles. The zero-order valence-corrected chi connectivity index (χ0v) is 15.3. The van der Waals surface area contributed by atoms with Crippen LogP contribution in [0.2, 0.25) is 0 Å². The number of hydrogen-bond donors (Lipinski definition) is 1. The van der Waals surface area contributed by atoms with Gasteiger partial charge in [0.15, 0.2) is 0 Å². The third-order valence-corrected chi connectivity index (χ3v) is 4.65. The van der Waals surface area contributed by atoms with E-state index in [1.54, 1.807) is 6.08 Å². The van der Waals surface area contributed by atoms with Gasteiger partial charge in [-0.3, -0.25) is 9.59 Å². The number of carbonyl (C=O) groups excluding carboxylic acids is 2. The quantitative estimate of drug-likeness (QED) is 0.404. The maximum Gasteiger partial charge on any atom is 0.330 e. The maximum atomic E-state index is 12.0. The highest BCUT2D eigenvalue weighted by Gasteiger charge is 2.30. The molecule has 1 aliphatic rings. The van der Waals surface area contributed by atoms with Gasteiger partial charge in [0.1, 0.15) is 0 Å². The highest BCUT2D eigenvalue weighted by Crippen LogP contribution is 2.29. The number of hydrogen-bond acceptors (Lipinski definition) is 5. The van der Waals surface area contributed by atoms with Gasteiger partial charge in [-0.15, -0.1) is 0 Å². The Kier molecular flexibility index (Phi) is 8.55. The van der Waals surface area contributed by atoms with Crippen LogP contribution in [0.4, 0.5) is 0 Å². The topological polar surface area (TPSA) is 89.9 Å². The van der Waals surface area contributed by atoms with Crippen LogP contribution in [-0.4, -0.2) is 36.2 Å². The Morgan fingerprint density at radius 3 is 2.15 bits per heavy atom. The third-order valence-electron chi connectivity index (χ3n) is 4.65. The minimum absolute atomic E-state index is 0.193. The number of rotatable bonds is 9. The lowest BCUT2D eigenvalue weighted by Crippen LogP contribution is -2.27. The van der Waals surface area contributed by atoms with Gasteiger partial charge in [-0.1, -0.05) is 30.3 Å². The van der Waals surface area contributed by atoms with E-state index in [1.165, 1.54) is 6.08 Å². The fourth-order valence-electron chi connectivity index (χ4n) is 3.02. The molecule has 1 N–H and O–H groups in total. The molecule has 1 aromatic carbocycles. The molecular weight excluding hydrogens is 348 g/mol. The minimum Gasteiger partial charge on any atom is -0.481 e. The molecule has 27 heavy (non-hydrogen) atoms. The molecule has 0 spiro atoms. The molecule has 1 aromatic rings. The largest absolute Gasteiger partial charge is 0.481 e. The molecule has 0 bridgehead atoms. The predicted octanol–water partition coefficient (Wildman–Crippen LogP) is 3.46. The van der Waals surface area contributed by atoms with Crippen molar-refractivity contribution in [3.8, 4) is 0 Å². The van der Waals surface area contributed by atoms with Gasteiger partial charge in [0.05, 0.1) is 25.0 Å². The van der Waals surface area contributed by atoms with Crippen molar-refractivity contribution in [2.24, 2.45) is 11.8 Å². The van der Waals surface area contributed by atoms with Gasteiger partial charge in [-0.2, -0.15) is 0 Å². The molecule has 0 saturated heterocycles. The summed E-state index contributed by atoms with van der Waals surface area (Å²) in [6.07, 6.45) is 6.52. The summed E-state index contributed by atoms with van der Waals surface area (Å²) >= 11 is 0. The molecule has 0 unspecified atom stereocenters. The molecule has 0 heterocycles. The molecule has 0 aromatic heterocycles. The van der Waals surface area contributed by atoms with Crippen molar-refractivity contribution in [3.05, 3.63) is 42.0 Å². The first-order valence-corrected chi connectivity index (χ1v) is 9.35. The molecule has 1 saturated carbocycles. The number of unbranched alkanes of at least 4 members (excludes halogenated alkanes) is 1. The van der Waals surface area contributed by atoms with Crippen LogP contribution < -0.4 is 0 Å². The highest BCUT2D eigenvalue weighted by atomic mass is 16.5. The predicted molar refractivity (Wildman–Crippen MR) is 99.7 cm³/mol. The fraction of sp³-hybridized carbons (Fsp3) is 0.476. The van der Waals surface area contributed by atoms with E-state index >= 15 is 0 Å². The average Bonchev–Trinajstić information content (AvgIpc) is 2.69. The SMILES string of the molecule is O=C(/C=C/c1ccccc1)OCCCCOC(=O)C1CCC(C(=O)O)CC1. The van der Waals surface area contributed by atoms with Gasteiger partial charge in [0, 0.05) is 6.08 Å². The molecule has 6 heteroatoms. The van der Waals surface area contributed by atoms with Crippen LogP contribution in [0, 0.1) is 11.8 Å². The van der Waals surface area contributed by atoms with Crippen molar-refractivity contribution in [1.82, 2.24) is 0 Å². The van der Waals surface area contributed by atoms with Crippen molar-refractivity contribution < 1.29 is 29.0 Å². The number of benzene rings is 1. The second-order valence-corrected chi connectivity index (χ2v) is 6.67. The molecule has 1 fully saturated rings. The van der Waals surface area contributed by atoms with Crippen LogP contribution in [0.3, 0.4) is 0 Å². The van der Waals surface area contributed by atoms with E-state index in [-0.39, 0.29) is 31.0 Å². The van der Waals surface area contributed by atoms with E-state index in [1.807, 2.05) is 30.3 Å². The summed E-state index contributed by atoms with van der Waals surface area (Å²) in [5.74, 6) is -1.95. The zero-order chi connectivity index (χ0) is 19.5. The number of carbonyl (C=O) groups is 3. The van der Waals surface area contributed by atoms with Gasteiger partial charge in [0.2, 0.25) is 0 Å². The van der Waals surface area contributed by atoms with Crippen LogP contribution in [0.15, 0.2) is 36.4 Å². The summed E-state index contributed by atoms with van der Waals surface area (Å²) in [6.45, 7) is 0.564. The first kappa shape index (κ1) is 20.7. The molecule has 0 atom stereocenters. The Bertz CT molecular complexity index is 644. The lowest BCUT2D eigenvalue weighted by Gasteiger charge is -2.24. The lowest BCUT2D eigenvalue weighted by molar-refractivity contribution is -0.153. The summed E-state index contributed by atoms with van der Waals surface area (Å²) in [7, 11) is 0. The Morgan fingerprint density at radius 2 is 1.52 bits per heavy atom. The van der Waals surface area contributed by atoms with E-state index in [4.69, 9.17) is 14.6 Å². The standard InChI is InChI=1S/C21H26O6/c22-19(13-8-16-6-2-1-3-7-16)26-14-4-5-15-27-21(25)18-11-9-17(10-12-18)20(23)24/h1-3,6-8,13,17-18H,4-5,9-12,14-15H2,(H,23,24)/b13-8+. The second-order valence-electron chi connectivity index (χ2n) is 6.67. The number of esters is 2. The van der Waals surface area contributed by atoms with E-state index < -0.39 is 11.9 Å². The summed E-state index contributed by atoms with van der Waals surface area (Å²) in [5.41, 5.74) is 0.929. The normalized spacial score (nSPS) is 19.6. The highest BCUT2D eigenvalue weighted by molar-refractivity contribution is 5.87. The molecule has 2 rings (SSSR count). The van der Waals surface area contributed by atoms with Crippen LogP contribution in [0.5, 0.6) is 0 Å². The van der Waals surface area contributed by atoms with E-state index in [0.29, 0.717) is 38.5 Å². The molecule has 0 radical (unpaired) electrons. The smallest absolute Gasteiger partial charge is 0.330 e. The number of ether oxygens (including phenoxy) is 2.